The number of nitrogens with zero attached hydrogens (tertiary/aromatic N) is 2. The molecule has 0 amide bonds. The Kier molecular flexibility index (Phi) is 5.72. The molecule has 16 heavy (non-hydrogen) atoms. The first-order valence-electron chi connectivity index (χ1n) is 6.69. The third-order valence-corrected chi connectivity index (χ3v) is 2.97. The molecule has 0 aromatic heterocycles. The van der Waals surface area contributed by atoms with E-state index < -0.39 is 0 Å². The number of hydrogen-bond acceptors (Lipinski definition) is 2. The lowest BCUT2D eigenvalue weighted by atomic mass is 10.0. The normalized spacial score (nSPS) is 19.9. The van der Waals surface area contributed by atoms with Crippen molar-refractivity contribution in [3.63, 3.8) is 0 Å². The van der Waals surface area contributed by atoms with Crippen LogP contribution in [0.25, 0.3) is 0 Å². The Bertz CT molecular complexity index is 251. The van der Waals surface area contributed by atoms with Crippen LogP contribution in [-0.2, 0) is 0 Å². The maximum Gasteiger partial charge on any atom is 0.0914 e. The topological polar surface area (TPSA) is 24.7 Å². The molecule has 0 saturated carbocycles. The van der Waals surface area contributed by atoms with Gasteiger partial charge in [0.2, 0.25) is 0 Å². The highest BCUT2D eigenvalue weighted by atomic mass is 15.1. The molecule has 0 fully saturated rings. The lowest BCUT2D eigenvalue weighted by Crippen LogP contribution is -1.99. The predicted octanol–water partition coefficient (Wildman–Crippen LogP) is 4.97. The summed E-state index contributed by atoms with van der Waals surface area (Å²) in [6, 6.07) is 0.372. The summed E-state index contributed by atoms with van der Waals surface area (Å²) < 4.78 is 0. The van der Waals surface area contributed by atoms with Gasteiger partial charge in [-0.25, -0.2) is 0 Å². The maximum absolute atomic E-state index is 4.32. The Morgan fingerprint density at radius 2 is 1.81 bits per heavy atom. The van der Waals surface area contributed by atoms with Crippen LogP contribution in [0.15, 0.2) is 22.0 Å². The third-order valence-electron chi connectivity index (χ3n) is 2.97. The second-order valence-electron chi connectivity index (χ2n) is 5.70. The van der Waals surface area contributed by atoms with Gasteiger partial charge in [-0.3, -0.25) is 0 Å². The lowest BCUT2D eigenvalue weighted by molar-refractivity contribution is 0.531. The quantitative estimate of drug-likeness (QED) is 0.581. The van der Waals surface area contributed by atoms with Crippen molar-refractivity contribution in [3.8, 4) is 0 Å². The van der Waals surface area contributed by atoms with E-state index in [4.69, 9.17) is 0 Å². The predicted molar refractivity (Wildman–Crippen MR) is 69.5 cm³/mol. The molecule has 1 unspecified atom stereocenters. The molecule has 0 N–H and O–H groups in total. The Morgan fingerprint density at radius 3 is 2.44 bits per heavy atom. The highest BCUT2D eigenvalue weighted by Gasteiger charge is 2.12. The van der Waals surface area contributed by atoms with Crippen LogP contribution in [0.4, 0.5) is 0 Å². The molecule has 0 aliphatic carbocycles. The molecular formula is C14H26N2. The molecule has 92 valence electrons. The van der Waals surface area contributed by atoms with Gasteiger partial charge in [-0.1, -0.05) is 34.1 Å². The van der Waals surface area contributed by atoms with Crippen molar-refractivity contribution >= 4 is 0 Å². The number of hydrogen-bond donors (Lipinski definition) is 0. The van der Waals surface area contributed by atoms with Gasteiger partial charge in [0.15, 0.2) is 0 Å². The van der Waals surface area contributed by atoms with Gasteiger partial charge in [0, 0.05) is 0 Å². The van der Waals surface area contributed by atoms with Crippen molar-refractivity contribution in [2.75, 3.05) is 0 Å². The maximum atomic E-state index is 4.32. The summed E-state index contributed by atoms with van der Waals surface area (Å²) in [4.78, 5) is 0. The Hall–Kier alpha value is -0.660. The summed E-state index contributed by atoms with van der Waals surface area (Å²) in [6.45, 7) is 9.07. The molecule has 1 rings (SSSR count). The first kappa shape index (κ1) is 13.4. The third kappa shape index (κ3) is 5.43. The molecule has 0 bridgehead atoms. The Balaban J connectivity index is 2.20. The van der Waals surface area contributed by atoms with Crippen LogP contribution in [0, 0.1) is 11.8 Å². The Labute approximate surface area is 100 Å². The number of azo groups is 1. The van der Waals surface area contributed by atoms with Gasteiger partial charge in [-0.05, 0) is 43.6 Å². The van der Waals surface area contributed by atoms with Crippen LogP contribution in [-0.4, -0.2) is 6.04 Å². The highest BCUT2D eigenvalue weighted by molar-refractivity contribution is 5.09. The number of allylic oxidation sites excluding steroid dienone is 1. The summed E-state index contributed by atoms with van der Waals surface area (Å²) in [5.74, 6) is 1.57. The van der Waals surface area contributed by atoms with E-state index in [2.05, 4.69) is 44.0 Å². The van der Waals surface area contributed by atoms with E-state index in [0.29, 0.717) is 6.04 Å². The van der Waals surface area contributed by atoms with E-state index in [1.165, 1.54) is 25.0 Å². The molecule has 0 radical (unpaired) electrons. The van der Waals surface area contributed by atoms with Gasteiger partial charge < -0.3 is 0 Å². The molecule has 0 saturated heterocycles. The van der Waals surface area contributed by atoms with Gasteiger partial charge >= 0.3 is 0 Å². The fourth-order valence-electron chi connectivity index (χ4n) is 1.91. The minimum absolute atomic E-state index is 0.372. The van der Waals surface area contributed by atoms with Crippen molar-refractivity contribution in [2.45, 2.75) is 65.8 Å². The summed E-state index contributed by atoms with van der Waals surface area (Å²) in [7, 11) is 0. The van der Waals surface area contributed by atoms with E-state index in [9.17, 15) is 0 Å². The molecule has 1 atom stereocenters. The van der Waals surface area contributed by atoms with Crippen LogP contribution < -0.4 is 0 Å². The summed E-state index contributed by atoms with van der Waals surface area (Å²) in [6.07, 6.45) is 8.33. The largest absolute Gasteiger partial charge is 0.181 e. The smallest absolute Gasteiger partial charge is 0.0914 e. The highest BCUT2D eigenvalue weighted by Crippen LogP contribution is 2.23. The molecule has 1 aliphatic heterocycles. The molecular weight excluding hydrogens is 196 g/mol. The van der Waals surface area contributed by atoms with Crippen LogP contribution >= 0.6 is 0 Å². The standard InChI is InChI=1S/C14H26N2/c1-11(2)6-5-7-13-10-14(16-15-13)9-8-12(3)4/h10-12,14H,5-9H2,1-4H3. The van der Waals surface area contributed by atoms with E-state index in [0.717, 1.165) is 24.7 Å². The minimum atomic E-state index is 0.372. The van der Waals surface area contributed by atoms with E-state index in [1.807, 2.05) is 0 Å². The van der Waals surface area contributed by atoms with E-state index >= 15 is 0 Å². The van der Waals surface area contributed by atoms with Crippen molar-refractivity contribution in [3.05, 3.63) is 11.8 Å². The van der Waals surface area contributed by atoms with Crippen molar-refractivity contribution < 1.29 is 0 Å². The zero-order chi connectivity index (χ0) is 12.0. The van der Waals surface area contributed by atoms with Crippen LogP contribution in [0.1, 0.15) is 59.8 Å². The fourth-order valence-corrected chi connectivity index (χ4v) is 1.91. The molecule has 0 aromatic rings. The molecule has 1 aliphatic rings. The lowest BCUT2D eigenvalue weighted by Gasteiger charge is -2.05. The number of rotatable bonds is 7. The SMILES string of the molecule is CC(C)CCCC1=CC(CCC(C)C)N=N1. The second kappa shape index (κ2) is 6.82. The van der Waals surface area contributed by atoms with E-state index in [-0.39, 0.29) is 0 Å². The zero-order valence-electron chi connectivity index (χ0n) is 11.2. The van der Waals surface area contributed by atoms with Crippen molar-refractivity contribution in [1.82, 2.24) is 0 Å². The van der Waals surface area contributed by atoms with E-state index in [1.54, 1.807) is 0 Å². The molecule has 0 aromatic carbocycles. The molecule has 2 nitrogen and oxygen atoms in total. The van der Waals surface area contributed by atoms with Gasteiger partial charge in [-0.15, -0.1) is 0 Å². The summed E-state index contributed by atoms with van der Waals surface area (Å²) >= 11 is 0. The monoisotopic (exact) mass is 222 g/mol. The van der Waals surface area contributed by atoms with Crippen LogP contribution in [0.3, 0.4) is 0 Å². The first-order valence-corrected chi connectivity index (χ1v) is 6.69. The average Bonchev–Trinajstić information content (AvgIpc) is 2.62. The second-order valence-corrected chi connectivity index (χ2v) is 5.70. The summed E-state index contributed by atoms with van der Waals surface area (Å²) in [5.41, 5.74) is 1.22. The van der Waals surface area contributed by atoms with Gasteiger partial charge in [-0.2, -0.15) is 10.2 Å². The molecule has 0 spiro atoms. The van der Waals surface area contributed by atoms with Crippen molar-refractivity contribution in [1.29, 1.82) is 0 Å². The van der Waals surface area contributed by atoms with Crippen LogP contribution in [0.2, 0.25) is 0 Å². The molecule has 2 heteroatoms. The zero-order valence-corrected chi connectivity index (χ0v) is 11.2. The summed E-state index contributed by atoms with van der Waals surface area (Å²) in [5, 5.41) is 8.60. The van der Waals surface area contributed by atoms with Crippen molar-refractivity contribution in [2.24, 2.45) is 22.1 Å². The average molecular weight is 222 g/mol. The van der Waals surface area contributed by atoms with Crippen LogP contribution in [0.5, 0.6) is 0 Å². The first-order chi connectivity index (χ1) is 7.58. The molecule has 1 heterocycles. The fraction of sp³-hybridized carbons (Fsp3) is 0.857. The van der Waals surface area contributed by atoms with Gasteiger partial charge in [0.05, 0.1) is 11.7 Å². The van der Waals surface area contributed by atoms with Gasteiger partial charge in [0.25, 0.3) is 0 Å². The Morgan fingerprint density at radius 1 is 1.12 bits per heavy atom. The minimum Gasteiger partial charge on any atom is -0.181 e. The van der Waals surface area contributed by atoms with Gasteiger partial charge in [0.1, 0.15) is 0 Å².